The topological polar surface area (TPSA) is 23.8 Å². The van der Waals surface area contributed by atoms with E-state index in [-0.39, 0.29) is 0 Å². The smallest absolute Gasteiger partial charge is 0.0661 e. The Labute approximate surface area is 105 Å². The SMILES string of the molecule is N#CC(C1CC2CCC1C2)C1CC2CCC1C2. The molecule has 4 aliphatic rings. The molecule has 6 unspecified atom stereocenters. The molecule has 4 rings (SSSR count). The van der Waals surface area contributed by atoms with Crippen LogP contribution >= 0.6 is 0 Å². The number of nitriles is 1. The number of nitrogens with zero attached hydrogens (tertiary/aromatic N) is 1. The standard InChI is InChI=1S/C16H23N/c17-9-16(14-7-10-1-3-12(14)5-10)15-8-11-2-4-13(15)6-11/h10-16H,1-8H2. The van der Waals surface area contributed by atoms with Gasteiger partial charge >= 0.3 is 0 Å². The molecule has 0 saturated heterocycles. The van der Waals surface area contributed by atoms with E-state index in [2.05, 4.69) is 6.07 Å². The fraction of sp³-hybridized carbons (Fsp3) is 0.938. The molecule has 0 amide bonds. The van der Waals surface area contributed by atoms with E-state index in [4.69, 9.17) is 0 Å². The molecule has 0 N–H and O–H groups in total. The summed E-state index contributed by atoms with van der Waals surface area (Å²) < 4.78 is 0. The first kappa shape index (κ1) is 10.4. The van der Waals surface area contributed by atoms with Crippen molar-refractivity contribution in [2.75, 3.05) is 0 Å². The lowest BCUT2D eigenvalue weighted by atomic mass is 9.69. The molecule has 92 valence electrons. The Bertz CT molecular complexity index is 327. The molecule has 1 heteroatoms. The second kappa shape index (κ2) is 3.74. The largest absolute Gasteiger partial charge is 0.198 e. The van der Waals surface area contributed by atoms with Gasteiger partial charge in [-0.25, -0.2) is 0 Å². The molecule has 0 radical (unpaired) electrons. The molecular formula is C16H23N. The van der Waals surface area contributed by atoms with Gasteiger partial charge in [0.15, 0.2) is 0 Å². The monoisotopic (exact) mass is 229 g/mol. The second-order valence-electron chi connectivity index (χ2n) is 7.33. The summed E-state index contributed by atoms with van der Waals surface area (Å²) >= 11 is 0. The number of hydrogen-bond acceptors (Lipinski definition) is 1. The molecule has 4 saturated carbocycles. The van der Waals surface area contributed by atoms with E-state index in [1.165, 1.54) is 51.4 Å². The Morgan fingerprint density at radius 1 is 0.765 bits per heavy atom. The first-order valence-electron chi connectivity index (χ1n) is 7.74. The Kier molecular flexibility index (Phi) is 2.29. The molecule has 0 aliphatic heterocycles. The van der Waals surface area contributed by atoms with Gasteiger partial charge in [-0.3, -0.25) is 0 Å². The van der Waals surface area contributed by atoms with Crippen molar-refractivity contribution in [3.8, 4) is 6.07 Å². The molecule has 0 aromatic rings. The van der Waals surface area contributed by atoms with Crippen LogP contribution in [0.1, 0.15) is 51.4 Å². The Hall–Kier alpha value is -0.510. The number of fused-ring (bicyclic) bond motifs is 4. The highest BCUT2D eigenvalue weighted by molar-refractivity contribution is 5.06. The minimum atomic E-state index is 0.431. The summed E-state index contributed by atoms with van der Waals surface area (Å²) in [4.78, 5) is 0. The van der Waals surface area contributed by atoms with E-state index >= 15 is 0 Å². The van der Waals surface area contributed by atoms with E-state index in [1.54, 1.807) is 0 Å². The van der Waals surface area contributed by atoms with Crippen molar-refractivity contribution in [2.45, 2.75) is 51.4 Å². The fourth-order valence-electron chi connectivity index (χ4n) is 5.98. The fourth-order valence-corrected chi connectivity index (χ4v) is 5.98. The van der Waals surface area contributed by atoms with Gasteiger partial charge in [0.05, 0.1) is 12.0 Å². The zero-order valence-electron chi connectivity index (χ0n) is 10.6. The van der Waals surface area contributed by atoms with Gasteiger partial charge < -0.3 is 0 Å². The maximum atomic E-state index is 9.65. The molecule has 4 aliphatic carbocycles. The highest BCUT2D eigenvalue weighted by Gasteiger charge is 2.50. The maximum Gasteiger partial charge on any atom is 0.0661 e. The van der Waals surface area contributed by atoms with Crippen LogP contribution < -0.4 is 0 Å². The van der Waals surface area contributed by atoms with E-state index in [0.29, 0.717) is 5.92 Å². The maximum absolute atomic E-state index is 9.65. The van der Waals surface area contributed by atoms with Crippen LogP contribution in [0, 0.1) is 52.8 Å². The average molecular weight is 229 g/mol. The lowest BCUT2D eigenvalue weighted by molar-refractivity contribution is 0.161. The molecule has 4 bridgehead atoms. The summed E-state index contributed by atoms with van der Waals surface area (Å²) in [5, 5.41) is 9.65. The predicted molar refractivity (Wildman–Crippen MR) is 67.0 cm³/mol. The average Bonchev–Trinajstić information content (AvgIpc) is 3.10. The first-order valence-corrected chi connectivity index (χ1v) is 7.74. The molecule has 17 heavy (non-hydrogen) atoms. The summed E-state index contributed by atoms with van der Waals surface area (Å²) in [7, 11) is 0. The third-order valence-corrected chi connectivity index (χ3v) is 6.66. The van der Waals surface area contributed by atoms with Crippen molar-refractivity contribution >= 4 is 0 Å². The first-order chi connectivity index (χ1) is 8.35. The summed E-state index contributed by atoms with van der Waals surface area (Å²) in [6, 6.07) is 2.76. The van der Waals surface area contributed by atoms with Crippen LogP contribution in [0.25, 0.3) is 0 Å². The summed E-state index contributed by atoms with van der Waals surface area (Å²) in [5.41, 5.74) is 0. The van der Waals surface area contributed by atoms with Gasteiger partial charge in [-0.15, -0.1) is 0 Å². The van der Waals surface area contributed by atoms with Crippen LogP contribution in [0.5, 0.6) is 0 Å². The van der Waals surface area contributed by atoms with Crippen LogP contribution in [-0.4, -0.2) is 0 Å². The van der Waals surface area contributed by atoms with Crippen LogP contribution in [0.2, 0.25) is 0 Å². The van der Waals surface area contributed by atoms with Crippen LogP contribution in [0.15, 0.2) is 0 Å². The molecule has 0 aromatic carbocycles. The van der Waals surface area contributed by atoms with Gasteiger partial charge in [-0.2, -0.15) is 5.26 Å². The van der Waals surface area contributed by atoms with Gasteiger partial charge in [0.25, 0.3) is 0 Å². The van der Waals surface area contributed by atoms with Crippen molar-refractivity contribution in [3.63, 3.8) is 0 Å². The number of rotatable bonds is 2. The molecule has 1 nitrogen and oxygen atoms in total. The lowest BCUT2D eigenvalue weighted by Gasteiger charge is -2.34. The van der Waals surface area contributed by atoms with Crippen molar-refractivity contribution in [2.24, 2.45) is 41.4 Å². The molecule has 4 fully saturated rings. The summed E-state index contributed by atoms with van der Waals surface area (Å²) in [6.45, 7) is 0. The second-order valence-corrected chi connectivity index (χ2v) is 7.33. The number of hydrogen-bond donors (Lipinski definition) is 0. The van der Waals surface area contributed by atoms with E-state index in [9.17, 15) is 5.26 Å². The van der Waals surface area contributed by atoms with Crippen molar-refractivity contribution < 1.29 is 0 Å². The van der Waals surface area contributed by atoms with E-state index in [1.807, 2.05) is 0 Å². The van der Waals surface area contributed by atoms with Crippen molar-refractivity contribution in [1.82, 2.24) is 0 Å². The van der Waals surface area contributed by atoms with Gasteiger partial charge in [0.2, 0.25) is 0 Å². The molecule has 6 atom stereocenters. The summed E-state index contributed by atoms with van der Waals surface area (Å²) in [5.74, 6) is 5.89. The Balaban J connectivity index is 1.53. The minimum Gasteiger partial charge on any atom is -0.198 e. The Morgan fingerprint density at radius 3 is 1.59 bits per heavy atom. The normalized spacial score (nSPS) is 52.9. The van der Waals surface area contributed by atoms with Gasteiger partial charge in [0, 0.05) is 0 Å². The van der Waals surface area contributed by atoms with Crippen LogP contribution in [-0.2, 0) is 0 Å². The quantitative estimate of drug-likeness (QED) is 0.702. The lowest BCUT2D eigenvalue weighted by Crippen LogP contribution is -2.29. The van der Waals surface area contributed by atoms with Gasteiger partial charge in [-0.1, -0.05) is 12.8 Å². The summed E-state index contributed by atoms with van der Waals surface area (Å²) in [6.07, 6.45) is 11.5. The highest BCUT2D eigenvalue weighted by atomic mass is 14.5. The third-order valence-electron chi connectivity index (χ3n) is 6.66. The van der Waals surface area contributed by atoms with Crippen molar-refractivity contribution in [1.29, 1.82) is 5.26 Å². The van der Waals surface area contributed by atoms with E-state index < -0.39 is 0 Å². The highest BCUT2D eigenvalue weighted by Crippen LogP contribution is 2.58. The zero-order chi connectivity index (χ0) is 11.4. The van der Waals surface area contributed by atoms with Gasteiger partial charge in [0.1, 0.15) is 0 Å². The van der Waals surface area contributed by atoms with Crippen LogP contribution in [0.3, 0.4) is 0 Å². The molecule has 0 spiro atoms. The molecule has 0 aromatic heterocycles. The van der Waals surface area contributed by atoms with E-state index in [0.717, 1.165) is 35.5 Å². The Morgan fingerprint density at radius 2 is 1.29 bits per heavy atom. The predicted octanol–water partition coefficient (Wildman–Crippen LogP) is 4.00. The van der Waals surface area contributed by atoms with Crippen LogP contribution in [0.4, 0.5) is 0 Å². The van der Waals surface area contributed by atoms with Gasteiger partial charge in [-0.05, 0) is 74.0 Å². The third kappa shape index (κ3) is 1.49. The zero-order valence-corrected chi connectivity index (χ0v) is 10.6. The molecular weight excluding hydrogens is 206 g/mol. The molecule has 0 heterocycles. The minimum absolute atomic E-state index is 0.431. The van der Waals surface area contributed by atoms with Crippen molar-refractivity contribution in [3.05, 3.63) is 0 Å².